The Kier molecular flexibility index (Phi) is 5.57. The van der Waals surface area contributed by atoms with Crippen LogP contribution in [0.2, 0.25) is 0 Å². The number of carbonyl (C=O) groups excluding carboxylic acids is 2. The van der Waals surface area contributed by atoms with E-state index in [-0.39, 0.29) is 12.6 Å². The Labute approximate surface area is 175 Å². The first kappa shape index (κ1) is 19.8. The Hall–Kier alpha value is -3.54. The van der Waals surface area contributed by atoms with Gasteiger partial charge in [-0.15, -0.1) is 0 Å². The Morgan fingerprint density at radius 3 is 2.67 bits per heavy atom. The van der Waals surface area contributed by atoms with Crippen LogP contribution in [0.5, 0.6) is 0 Å². The van der Waals surface area contributed by atoms with E-state index in [9.17, 15) is 9.59 Å². The SMILES string of the molecule is Cc1cccc(NC(=O)C(=O)NC[C@@H](c2ccco2)N2CCc3ccccc32)c1C. The minimum absolute atomic E-state index is 0.193. The van der Waals surface area contributed by atoms with Crippen LogP contribution in [0.3, 0.4) is 0 Å². The maximum atomic E-state index is 12.5. The van der Waals surface area contributed by atoms with Gasteiger partial charge in [0, 0.05) is 24.5 Å². The first-order chi connectivity index (χ1) is 14.5. The molecule has 0 spiro atoms. The fourth-order valence-electron chi connectivity index (χ4n) is 3.87. The van der Waals surface area contributed by atoms with Gasteiger partial charge in [-0.1, -0.05) is 30.3 Å². The molecule has 2 amide bonds. The van der Waals surface area contributed by atoms with Crippen molar-refractivity contribution in [3.8, 4) is 0 Å². The second kappa shape index (κ2) is 8.45. The fourth-order valence-corrected chi connectivity index (χ4v) is 3.87. The van der Waals surface area contributed by atoms with Gasteiger partial charge in [0.15, 0.2) is 0 Å². The molecule has 6 heteroatoms. The fraction of sp³-hybridized carbons (Fsp3) is 0.250. The van der Waals surface area contributed by atoms with Gasteiger partial charge in [0.25, 0.3) is 0 Å². The Morgan fingerprint density at radius 2 is 1.87 bits per heavy atom. The summed E-state index contributed by atoms with van der Waals surface area (Å²) < 4.78 is 5.65. The third-order valence-corrected chi connectivity index (χ3v) is 5.69. The van der Waals surface area contributed by atoms with Crippen LogP contribution in [0.1, 0.15) is 28.5 Å². The molecule has 3 aromatic rings. The van der Waals surface area contributed by atoms with Crippen LogP contribution in [0.25, 0.3) is 0 Å². The van der Waals surface area contributed by atoms with Crippen molar-refractivity contribution in [2.45, 2.75) is 26.3 Å². The summed E-state index contributed by atoms with van der Waals surface area (Å²) in [5.41, 5.74) is 5.05. The van der Waals surface area contributed by atoms with E-state index in [1.807, 2.05) is 50.2 Å². The van der Waals surface area contributed by atoms with Crippen LogP contribution in [-0.2, 0) is 16.0 Å². The Bertz CT molecular complexity index is 1060. The minimum atomic E-state index is -0.677. The van der Waals surface area contributed by atoms with E-state index < -0.39 is 11.8 Å². The maximum absolute atomic E-state index is 12.5. The number of furan rings is 1. The van der Waals surface area contributed by atoms with E-state index in [1.165, 1.54) is 5.56 Å². The molecular formula is C24H25N3O3. The number of para-hydroxylation sites is 1. The second-order valence-electron chi connectivity index (χ2n) is 7.51. The van der Waals surface area contributed by atoms with Crippen LogP contribution in [-0.4, -0.2) is 24.9 Å². The van der Waals surface area contributed by atoms with E-state index in [0.29, 0.717) is 5.69 Å². The Balaban J connectivity index is 1.46. The Morgan fingerprint density at radius 1 is 1.03 bits per heavy atom. The van der Waals surface area contributed by atoms with E-state index in [0.717, 1.165) is 35.5 Å². The summed E-state index contributed by atoms with van der Waals surface area (Å²) in [6.45, 7) is 4.98. The van der Waals surface area contributed by atoms with Gasteiger partial charge in [-0.2, -0.15) is 0 Å². The summed E-state index contributed by atoms with van der Waals surface area (Å²) in [5, 5.41) is 5.49. The summed E-state index contributed by atoms with van der Waals surface area (Å²) in [5.74, 6) is -0.592. The lowest BCUT2D eigenvalue weighted by Crippen LogP contribution is -2.41. The van der Waals surface area contributed by atoms with Crippen molar-refractivity contribution in [1.29, 1.82) is 0 Å². The first-order valence-electron chi connectivity index (χ1n) is 10.1. The van der Waals surface area contributed by atoms with Crippen LogP contribution >= 0.6 is 0 Å². The van der Waals surface area contributed by atoms with Crippen LogP contribution in [0.4, 0.5) is 11.4 Å². The molecule has 0 saturated heterocycles. The number of nitrogens with one attached hydrogen (secondary N) is 2. The molecule has 1 aromatic heterocycles. The van der Waals surface area contributed by atoms with Crippen molar-refractivity contribution in [3.63, 3.8) is 0 Å². The molecule has 4 rings (SSSR count). The lowest BCUT2D eigenvalue weighted by atomic mass is 10.1. The van der Waals surface area contributed by atoms with Crippen molar-refractivity contribution in [2.75, 3.05) is 23.3 Å². The molecule has 2 N–H and O–H groups in total. The number of amides is 2. The molecule has 0 saturated carbocycles. The highest BCUT2D eigenvalue weighted by molar-refractivity contribution is 6.39. The van der Waals surface area contributed by atoms with Crippen LogP contribution in [0, 0.1) is 13.8 Å². The van der Waals surface area contributed by atoms with Gasteiger partial charge in [-0.25, -0.2) is 0 Å². The number of hydrogen-bond donors (Lipinski definition) is 2. The highest BCUT2D eigenvalue weighted by Gasteiger charge is 2.29. The maximum Gasteiger partial charge on any atom is 0.313 e. The molecule has 0 unspecified atom stereocenters. The standard InChI is InChI=1S/C24H25N3O3/c1-16-7-5-9-19(17(16)2)26-24(29)23(28)25-15-21(22-11-6-14-30-22)27-13-12-18-8-3-4-10-20(18)27/h3-11,14,21H,12-13,15H2,1-2H3,(H,25,28)(H,26,29)/t21-/m0/s1. The van der Waals surface area contributed by atoms with Gasteiger partial charge in [-0.3, -0.25) is 9.59 Å². The number of rotatable bonds is 5. The first-order valence-corrected chi connectivity index (χ1v) is 10.1. The van der Waals surface area contributed by atoms with Gasteiger partial charge in [0.05, 0.1) is 6.26 Å². The topological polar surface area (TPSA) is 74.6 Å². The number of benzene rings is 2. The molecular weight excluding hydrogens is 378 g/mol. The predicted molar refractivity (Wildman–Crippen MR) is 116 cm³/mol. The summed E-state index contributed by atoms with van der Waals surface area (Å²) >= 11 is 0. The smallest absolute Gasteiger partial charge is 0.313 e. The molecule has 2 aromatic carbocycles. The van der Waals surface area contributed by atoms with Crippen molar-refractivity contribution in [1.82, 2.24) is 5.32 Å². The van der Waals surface area contributed by atoms with Gasteiger partial charge in [0.1, 0.15) is 11.8 Å². The quantitative estimate of drug-likeness (QED) is 0.636. The number of anilines is 2. The van der Waals surface area contributed by atoms with Gasteiger partial charge in [0.2, 0.25) is 0 Å². The third-order valence-electron chi connectivity index (χ3n) is 5.69. The summed E-state index contributed by atoms with van der Waals surface area (Å²) in [6, 6.07) is 17.4. The number of hydrogen-bond acceptors (Lipinski definition) is 4. The molecule has 1 aliphatic rings. The normalized spacial score (nSPS) is 13.6. The van der Waals surface area contributed by atoms with Gasteiger partial charge >= 0.3 is 11.8 Å². The predicted octanol–water partition coefficient (Wildman–Crippen LogP) is 3.76. The molecule has 30 heavy (non-hydrogen) atoms. The zero-order valence-corrected chi connectivity index (χ0v) is 17.1. The van der Waals surface area contributed by atoms with E-state index in [1.54, 1.807) is 12.3 Å². The molecule has 0 aliphatic carbocycles. The lowest BCUT2D eigenvalue weighted by Gasteiger charge is -2.29. The lowest BCUT2D eigenvalue weighted by molar-refractivity contribution is -0.136. The summed E-state index contributed by atoms with van der Waals surface area (Å²) in [7, 11) is 0. The molecule has 1 atom stereocenters. The minimum Gasteiger partial charge on any atom is -0.467 e. The van der Waals surface area contributed by atoms with E-state index >= 15 is 0 Å². The average Bonchev–Trinajstić information content (AvgIpc) is 3.42. The zero-order chi connectivity index (χ0) is 21.1. The molecule has 0 bridgehead atoms. The molecule has 6 nitrogen and oxygen atoms in total. The molecule has 0 radical (unpaired) electrons. The van der Waals surface area contributed by atoms with Crippen molar-refractivity contribution < 1.29 is 14.0 Å². The van der Waals surface area contributed by atoms with Gasteiger partial charge in [-0.05, 0) is 61.2 Å². The molecule has 154 valence electrons. The number of aryl methyl sites for hydroxylation is 1. The van der Waals surface area contributed by atoms with Crippen molar-refractivity contribution >= 4 is 23.2 Å². The second-order valence-corrected chi connectivity index (χ2v) is 7.51. The number of carbonyl (C=O) groups is 2. The van der Waals surface area contributed by atoms with Crippen molar-refractivity contribution in [3.05, 3.63) is 83.3 Å². The third kappa shape index (κ3) is 3.94. The van der Waals surface area contributed by atoms with Crippen LogP contribution < -0.4 is 15.5 Å². The van der Waals surface area contributed by atoms with E-state index in [2.05, 4.69) is 27.7 Å². The summed E-state index contributed by atoms with van der Waals surface area (Å²) in [4.78, 5) is 27.2. The number of nitrogens with zero attached hydrogens (tertiary/aromatic N) is 1. The molecule has 1 aliphatic heterocycles. The largest absolute Gasteiger partial charge is 0.467 e. The average molecular weight is 403 g/mol. The van der Waals surface area contributed by atoms with Crippen molar-refractivity contribution in [2.24, 2.45) is 0 Å². The highest BCUT2D eigenvalue weighted by Crippen LogP contribution is 2.34. The number of fused-ring (bicyclic) bond motifs is 1. The monoisotopic (exact) mass is 403 g/mol. The van der Waals surface area contributed by atoms with Gasteiger partial charge < -0.3 is 20.0 Å². The highest BCUT2D eigenvalue weighted by atomic mass is 16.3. The summed E-state index contributed by atoms with van der Waals surface area (Å²) in [6.07, 6.45) is 2.56. The van der Waals surface area contributed by atoms with Crippen LogP contribution in [0.15, 0.2) is 65.3 Å². The zero-order valence-electron chi connectivity index (χ0n) is 17.1. The van der Waals surface area contributed by atoms with E-state index in [4.69, 9.17) is 4.42 Å². The molecule has 2 heterocycles. The molecule has 0 fully saturated rings.